The third-order valence-electron chi connectivity index (χ3n) is 5.00. The van der Waals surface area contributed by atoms with Crippen LogP contribution in [0.3, 0.4) is 0 Å². The number of amides is 2. The van der Waals surface area contributed by atoms with Crippen molar-refractivity contribution in [3.8, 4) is 0 Å². The third kappa shape index (κ3) is 2.65. The van der Waals surface area contributed by atoms with Gasteiger partial charge in [0, 0.05) is 6.92 Å². The number of fused-ring (bicyclic) bond motifs is 1. The summed E-state index contributed by atoms with van der Waals surface area (Å²) in [6, 6.07) is 13.8. The SMILES string of the molecule is CC(=O)C1=NN(c2ccc(C)cc2)C2C(=O)N(c3ccc(C)cc3)C(=O)C12. The molecule has 0 saturated carbocycles. The van der Waals surface area contributed by atoms with E-state index in [0.717, 1.165) is 11.1 Å². The molecule has 1 saturated heterocycles. The molecule has 27 heavy (non-hydrogen) atoms. The van der Waals surface area contributed by atoms with E-state index in [4.69, 9.17) is 0 Å². The van der Waals surface area contributed by atoms with E-state index in [9.17, 15) is 14.4 Å². The van der Waals surface area contributed by atoms with E-state index in [1.807, 2.05) is 50.2 Å². The smallest absolute Gasteiger partial charge is 0.259 e. The van der Waals surface area contributed by atoms with E-state index in [0.29, 0.717) is 11.4 Å². The van der Waals surface area contributed by atoms with Gasteiger partial charge >= 0.3 is 0 Å². The molecule has 6 nitrogen and oxygen atoms in total. The van der Waals surface area contributed by atoms with Crippen LogP contribution in [0.25, 0.3) is 0 Å². The predicted octanol–water partition coefficient (Wildman–Crippen LogP) is 2.63. The molecule has 0 bridgehead atoms. The lowest BCUT2D eigenvalue weighted by Crippen LogP contribution is -2.39. The zero-order valence-corrected chi connectivity index (χ0v) is 15.3. The molecule has 6 heteroatoms. The lowest BCUT2D eigenvalue weighted by molar-refractivity contribution is -0.122. The summed E-state index contributed by atoms with van der Waals surface area (Å²) in [5.41, 5.74) is 3.43. The van der Waals surface area contributed by atoms with E-state index in [-0.39, 0.29) is 17.4 Å². The molecule has 2 heterocycles. The molecule has 2 aliphatic heterocycles. The second kappa shape index (κ2) is 6.16. The van der Waals surface area contributed by atoms with Crippen LogP contribution >= 0.6 is 0 Å². The maximum Gasteiger partial charge on any atom is 0.259 e. The van der Waals surface area contributed by atoms with Gasteiger partial charge < -0.3 is 0 Å². The Hall–Kier alpha value is -3.28. The average molecular weight is 361 g/mol. The lowest BCUT2D eigenvalue weighted by Gasteiger charge is -2.22. The van der Waals surface area contributed by atoms with Crippen molar-refractivity contribution in [2.24, 2.45) is 11.0 Å². The largest absolute Gasteiger partial charge is 0.293 e. The fraction of sp³-hybridized carbons (Fsp3) is 0.238. The highest BCUT2D eigenvalue weighted by Crippen LogP contribution is 2.37. The topological polar surface area (TPSA) is 70.1 Å². The summed E-state index contributed by atoms with van der Waals surface area (Å²) in [5, 5.41) is 5.86. The summed E-state index contributed by atoms with van der Waals surface area (Å²) in [7, 11) is 0. The van der Waals surface area contributed by atoms with Crippen LogP contribution in [0.2, 0.25) is 0 Å². The number of aryl methyl sites for hydroxylation is 2. The molecule has 0 radical (unpaired) electrons. The van der Waals surface area contributed by atoms with Crippen molar-refractivity contribution in [2.75, 3.05) is 9.91 Å². The van der Waals surface area contributed by atoms with Gasteiger partial charge in [-0.25, -0.2) is 4.90 Å². The summed E-state index contributed by atoms with van der Waals surface area (Å²) in [6.45, 7) is 5.27. The van der Waals surface area contributed by atoms with Gasteiger partial charge in [0.1, 0.15) is 17.7 Å². The molecule has 136 valence electrons. The zero-order valence-electron chi connectivity index (χ0n) is 15.3. The summed E-state index contributed by atoms with van der Waals surface area (Å²) >= 11 is 0. The van der Waals surface area contributed by atoms with E-state index in [1.165, 1.54) is 16.8 Å². The van der Waals surface area contributed by atoms with Gasteiger partial charge in [-0.1, -0.05) is 35.4 Å². The quantitative estimate of drug-likeness (QED) is 0.788. The summed E-state index contributed by atoms with van der Waals surface area (Å²) in [6.07, 6.45) is 0. The lowest BCUT2D eigenvalue weighted by atomic mass is 9.95. The minimum atomic E-state index is -0.877. The first-order valence-electron chi connectivity index (χ1n) is 8.78. The Morgan fingerprint density at radius 2 is 1.37 bits per heavy atom. The van der Waals surface area contributed by atoms with Crippen LogP contribution in [0.1, 0.15) is 18.1 Å². The fourth-order valence-electron chi connectivity index (χ4n) is 3.56. The van der Waals surface area contributed by atoms with Crippen molar-refractivity contribution in [1.82, 2.24) is 0 Å². The Morgan fingerprint density at radius 3 is 1.89 bits per heavy atom. The maximum atomic E-state index is 13.2. The van der Waals surface area contributed by atoms with Gasteiger partial charge in [-0.15, -0.1) is 0 Å². The van der Waals surface area contributed by atoms with Gasteiger partial charge in [0.25, 0.3) is 5.91 Å². The standard InChI is InChI=1S/C21H19N3O3/c1-12-4-8-15(9-5-12)23-20(26)17-18(14(3)25)22-24(19(17)21(23)27)16-10-6-13(2)7-11-16/h4-11,17,19H,1-3H3. The van der Waals surface area contributed by atoms with Crippen LogP contribution in [0.4, 0.5) is 11.4 Å². The van der Waals surface area contributed by atoms with Crippen LogP contribution in [0.15, 0.2) is 53.6 Å². The molecule has 0 spiro atoms. The van der Waals surface area contributed by atoms with E-state index in [2.05, 4.69) is 5.10 Å². The number of benzene rings is 2. The van der Waals surface area contributed by atoms with Crippen molar-refractivity contribution in [1.29, 1.82) is 0 Å². The monoisotopic (exact) mass is 361 g/mol. The van der Waals surface area contributed by atoms with E-state index >= 15 is 0 Å². The van der Waals surface area contributed by atoms with Gasteiger partial charge in [-0.3, -0.25) is 19.4 Å². The predicted molar refractivity (Wildman–Crippen MR) is 103 cm³/mol. The van der Waals surface area contributed by atoms with Crippen LogP contribution in [0.5, 0.6) is 0 Å². The van der Waals surface area contributed by atoms with Crippen molar-refractivity contribution in [3.63, 3.8) is 0 Å². The van der Waals surface area contributed by atoms with Gasteiger partial charge in [0.05, 0.1) is 11.4 Å². The molecule has 1 fully saturated rings. The molecule has 0 aromatic heterocycles. The van der Waals surface area contributed by atoms with Gasteiger partial charge in [0.2, 0.25) is 5.91 Å². The second-order valence-electron chi connectivity index (χ2n) is 6.99. The average Bonchev–Trinajstić information content (AvgIpc) is 3.15. The summed E-state index contributed by atoms with van der Waals surface area (Å²) < 4.78 is 0. The van der Waals surface area contributed by atoms with Crippen LogP contribution in [-0.4, -0.2) is 29.4 Å². The van der Waals surface area contributed by atoms with Crippen LogP contribution in [0, 0.1) is 19.8 Å². The number of ketones is 1. The first kappa shape index (κ1) is 17.1. The molecule has 0 N–H and O–H groups in total. The maximum absolute atomic E-state index is 13.2. The number of nitrogens with zero attached hydrogens (tertiary/aromatic N) is 3. The fourth-order valence-corrected chi connectivity index (χ4v) is 3.56. The number of rotatable bonds is 3. The highest BCUT2D eigenvalue weighted by atomic mass is 16.2. The second-order valence-corrected chi connectivity index (χ2v) is 6.99. The van der Waals surface area contributed by atoms with Gasteiger partial charge in [0.15, 0.2) is 5.78 Å². The molecule has 2 aliphatic rings. The minimum Gasteiger partial charge on any atom is -0.293 e. The van der Waals surface area contributed by atoms with E-state index in [1.54, 1.807) is 12.1 Å². The first-order chi connectivity index (χ1) is 12.9. The molecule has 4 rings (SSSR count). The number of Topliss-reactive ketones (excluding diaryl/α,β-unsaturated/α-hetero) is 1. The number of carbonyl (C=O) groups is 3. The Kier molecular flexibility index (Phi) is 3.91. The Balaban J connectivity index is 1.79. The van der Waals surface area contributed by atoms with Crippen LogP contribution < -0.4 is 9.91 Å². The van der Waals surface area contributed by atoms with Crippen molar-refractivity contribution < 1.29 is 14.4 Å². The zero-order chi connectivity index (χ0) is 19.3. The number of hydrazone groups is 1. The molecule has 2 atom stereocenters. The van der Waals surface area contributed by atoms with Gasteiger partial charge in [-0.05, 0) is 38.1 Å². The van der Waals surface area contributed by atoms with Crippen molar-refractivity contribution in [3.05, 3.63) is 59.7 Å². The number of hydrogen-bond acceptors (Lipinski definition) is 5. The molecule has 0 aliphatic carbocycles. The summed E-state index contributed by atoms with van der Waals surface area (Å²) in [4.78, 5) is 39.5. The molecular weight excluding hydrogens is 342 g/mol. The highest BCUT2D eigenvalue weighted by molar-refractivity contribution is 6.48. The Labute approximate surface area is 157 Å². The minimum absolute atomic E-state index is 0.133. The van der Waals surface area contributed by atoms with E-state index < -0.39 is 17.9 Å². The molecular formula is C21H19N3O3. The highest BCUT2D eigenvalue weighted by Gasteiger charge is 2.58. The number of hydrogen-bond donors (Lipinski definition) is 0. The number of anilines is 2. The molecule has 2 amide bonds. The number of carbonyl (C=O) groups excluding carboxylic acids is 3. The molecule has 2 unspecified atom stereocenters. The molecule has 2 aromatic rings. The Morgan fingerprint density at radius 1 is 0.852 bits per heavy atom. The number of imide groups is 1. The summed E-state index contributed by atoms with van der Waals surface area (Å²) in [5.74, 6) is -1.95. The first-order valence-corrected chi connectivity index (χ1v) is 8.78. The van der Waals surface area contributed by atoms with Crippen LogP contribution in [-0.2, 0) is 14.4 Å². The van der Waals surface area contributed by atoms with Gasteiger partial charge in [-0.2, -0.15) is 5.10 Å². The Bertz CT molecular complexity index is 977. The third-order valence-corrected chi connectivity index (χ3v) is 5.00. The normalized spacial score (nSPS) is 21.5. The molecule has 2 aromatic carbocycles. The van der Waals surface area contributed by atoms with Crippen molar-refractivity contribution >= 4 is 34.7 Å². The van der Waals surface area contributed by atoms with Crippen molar-refractivity contribution in [2.45, 2.75) is 26.8 Å².